The highest BCUT2D eigenvalue weighted by molar-refractivity contribution is 8.01. The Morgan fingerprint density at radius 2 is 2.19 bits per heavy atom. The number of fused-ring (bicyclic) bond motifs is 1. The molecule has 0 saturated carbocycles. The molecular formula is C20H20N2O2S2. The smallest absolute Gasteiger partial charge is 0.319 e. The molecule has 1 unspecified atom stereocenters. The van der Waals surface area contributed by atoms with Crippen molar-refractivity contribution in [3.8, 4) is 6.07 Å². The molecule has 1 aromatic carbocycles. The van der Waals surface area contributed by atoms with E-state index in [2.05, 4.69) is 10.4 Å². The SMILES string of the molecule is CC1=C(c2c(SC(C)(C)C(=O)O)ccc3cnsc23)C=CC(C)(C#N)C1. The molecule has 3 rings (SSSR count). The number of carboxylic acids is 1. The van der Waals surface area contributed by atoms with E-state index in [9.17, 15) is 15.2 Å². The van der Waals surface area contributed by atoms with Gasteiger partial charge in [0.1, 0.15) is 4.75 Å². The number of thioether (sulfide) groups is 1. The zero-order chi connectivity index (χ0) is 19.1. The van der Waals surface area contributed by atoms with Crippen molar-refractivity contribution >= 4 is 44.9 Å². The zero-order valence-electron chi connectivity index (χ0n) is 15.2. The molecular weight excluding hydrogens is 364 g/mol. The summed E-state index contributed by atoms with van der Waals surface area (Å²) in [5.41, 5.74) is 2.73. The molecule has 2 aromatic rings. The van der Waals surface area contributed by atoms with Gasteiger partial charge in [0, 0.05) is 22.0 Å². The Bertz CT molecular complexity index is 995. The van der Waals surface area contributed by atoms with Crippen molar-refractivity contribution in [3.63, 3.8) is 0 Å². The minimum atomic E-state index is -0.943. The monoisotopic (exact) mass is 384 g/mol. The summed E-state index contributed by atoms with van der Waals surface area (Å²) in [5, 5.41) is 20.0. The fourth-order valence-electron chi connectivity index (χ4n) is 3.06. The van der Waals surface area contributed by atoms with E-state index in [-0.39, 0.29) is 0 Å². The first-order valence-electron chi connectivity index (χ1n) is 8.27. The second kappa shape index (κ2) is 6.57. The molecule has 0 aliphatic heterocycles. The van der Waals surface area contributed by atoms with Crippen molar-refractivity contribution in [2.45, 2.75) is 43.8 Å². The summed E-state index contributed by atoms with van der Waals surface area (Å²) in [5.74, 6) is -0.847. The highest BCUT2D eigenvalue weighted by atomic mass is 32.2. The maximum Gasteiger partial charge on any atom is 0.319 e. The highest BCUT2D eigenvalue weighted by Gasteiger charge is 2.32. The molecule has 1 aromatic heterocycles. The molecule has 134 valence electrons. The number of carbonyl (C=O) groups is 1. The largest absolute Gasteiger partial charge is 0.480 e. The number of aliphatic carboxylic acids is 1. The van der Waals surface area contributed by atoms with Crippen LogP contribution < -0.4 is 0 Å². The van der Waals surface area contributed by atoms with Crippen LogP contribution in [0.3, 0.4) is 0 Å². The molecule has 1 heterocycles. The number of hydrogen-bond donors (Lipinski definition) is 1. The number of hydrogen-bond acceptors (Lipinski definition) is 5. The molecule has 1 aliphatic rings. The van der Waals surface area contributed by atoms with Crippen molar-refractivity contribution in [1.82, 2.24) is 4.37 Å². The Balaban J connectivity index is 2.19. The van der Waals surface area contributed by atoms with Gasteiger partial charge in [-0.15, -0.1) is 11.8 Å². The molecule has 0 saturated heterocycles. The van der Waals surface area contributed by atoms with Crippen molar-refractivity contribution in [1.29, 1.82) is 5.26 Å². The number of allylic oxidation sites excluding steroid dienone is 4. The van der Waals surface area contributed by atoms with Crippen molar-refractivity contribution in [2.24, 2.45) is 5.41 Å². The van der Waals surface area contributed by atoms with Crippen LogP contribution in [0.1, 0.15) is 39.7 Å². The van der Waals surface area contributed by atoms with E-state index in [4.69, 9.17) is 0 Å². The lowest BCUT2D eigenvalue weighted by molar-refractivity contribution is -0.138. The predicted molar refractivity (Wildman–Crippen MR) is 107 cm³/mol. The average Bonchev–Trinajstić information content (AvgIpc) is 3.04. The predicted octanol–water partition coefficient (Wildman–Crippen LogP) is 5.51. The van der Waals surface area contributed by atoms with Crippen molar-refractivity contribution in [3.05, 3.63) is 41.6 Å². The molecule has 1 aliphatic carbocycles. The number of benzene rings is 1. The van der Waals surface area contributed by atoms with E-state index in [0.717, 1.165) is 31.7 Å². The summed E-state index contributed by atoms with van der Waals surface area (Å²) < 4.78 is 4.42. The van der Waals surface area contributed by atoms with E-state index in [1.807, 2.05) is 44.3 Å². The van der Waals surface area contributed by atoms with Gasteiger partial charge in [-0.3, -0.25) is 4.79 Å². The third-order valence-electron chi connectivity index (χ3n) is 4.60. The van der Waals surface area contributed by atoms with Gasteiger partial charge in [0.2, 0.25) is 0 Å². The van der Waals surface area contributed by atoms with Gasteiger partial charge in [0.25, 0.3) is 0 Å². The fourth-order valence-corrected chi connectivity index (χ4v) is 5.02. The first-order chi connectivity index (χ1) is 12.2. The summed E-state index contributed by atoms with van der Waals surface area (Å²) in [4.78, 5) is 12.5. The number of nitriles is 1. The number of rotatable bonds is 4. The van der Waals surface area contributed by atoms with Gasteiger partial charge in [0.05, 0.1) is 16.2 Å². The van der Waals surface area contributed by atoms with Crippen molar-refractivity contribution < 1.29 is 9.90 Å². The van der Waals surface area contributed by atoms with E-state index in [0.29, 0.717) is 6.42 Å². The second-order valence-electron chi connectivity index (χ2n) is 7.33. The van der Waals surface area contributed by atoms with Gasteiger partial charge in [-0.25, -0.2) is 0 Å². The topological polar surface area (TPSA) is 74.0 Å². The average molecular weight is 385 g/mol. The van der Waals surface area contributed by atoms with E-state index in [1.165, 1.54) is 23.3 Å². The Kier molecular flexibility index (Phi) is 4.72. The molecule has 0 fully saturated rings. The fraction of sp³-hybridized carbons (Fsp3) is 0.350. The summed E-state index contributed by atoms with van der Waals surface area (Å²) in [7, 11) is 0. The number of aromatic nitrogens is 1. The molecule has 1 N–H and O–H groups in total. The highest BCUT2D eigenvalue weighted by Crippen LogP contribution is 2.45. The molecule has 0 radical (unpaired) electrons. The van der Waals surface area contributed by atoms with Crippen LogP contribution in [-0.2, 0) is 4.79 Å². The first-order valence-corrected chi connectivity index (χ1v) is 9.86. The lowest BCUT2D eigenvalue weighted by atomic mass is 9.78. The zero-order valence-corrected chi connectivity index (χ0v) is 16.8. The molecule has 26 heavy (non-hydrogen) atoms. The molecule has 0 bridgehead atoms. The Hall–Kier alpha value is -2.10. The first kappa shape index (κ1) is 18.7. The minimum Gasteiger partial charge on any atom is -0.480 e. The summed E-state index contributed by atoms with van der Waals surface area (Å²) in [6.07, 6.45) is 6.46. The normalized spacial score (nSPS) is 20.4. The molecule has 4 nitrogen and oxygen atoms in total. The summed E-state index contributed by atoms with van der Waals surface area (Å²) in [6, 6.07) is 6.34. The Morgan fingerprint density at radius 3 is 2.81 bits per heavy atom. The van der Waals surface area contributed by atoms with Gasteiger partial charge in [-0.2, -0.15) is 9.64 Å². The maximum absolute atomic E-state index is 11.6. The quantitative estimate of drug-likeness (QED) is 0.703. The van der Waals surface area contributed by atoms with Crippen LogP contribution >= 0.6 is 23.3 Å². The standard InChI is InChI=1S/C20H20N2O2S2/c1-12-9-20(4,11-21)8-7-14(12)16-15(25-19(2,3)18(23)24)6-5-13-10-22-26-17(13)16/h5-8,10H,9H2,1-4H3,(H,23,24). The molecule has 1 atom stereocenters. The number of nitrogens with zero attached hydrogens (tertiary/aromatic N) is 2. The van der Waals surface area contributed by atoms with Gasteiger partial charge in [-0.1, -0.05) is 23.8 Å². The van der Waals surface area contributed by atoms with E-state index < -0.39 is 16.1 Å². The number of carboxylic acid groups (broad SMARTS) is 1. The molecule has 6 heteroatoms. The van der Waals surface area contributed by atoms with E-state index in [1.54, 1.807) is 13.8 Å². The summed E-state index contributed by atoms with van der Waals surface area (Å²) in [6.45, 7) is 7.40. The lowest BCUT2D eigenvalue weighted by Crippen LogP contribution is -2.27. The van der Waals surface area contributed by atoms with Crippen LogP contribution in [0.2, 0.25) is 0 Å². The molecule has 0 amide bonds. The van der Waals surface area contributed by atoms with Gasteiger partial charge < -0.3 is 5.11 Å². The van der Waals surface area contributed by atoms with Crippen LogP contribution in [0, 0.1) is 16.7 Å². The van der Waals surface area contributed by atoms with Crippen LogP contribution in [0.25, 0.3) is 15.7 Å². The maximum atomic E-state index is 11.6. The van der Waals surface area contributed by atoms with Gasteiger partial charge >= 0.3 is 5.97 Å². The van der Waals surface area contributed by atoms with Crippen LogP contribution in [0.5, 0.6) is 0 Å². The van der Waals surface area contributed by atoms with Gasteiger partial charge in [-0.05, 0) is 57.3 Å². The lowest BCUT2D eigenvalue weighted by Gasteiger charge is -2.26. The molecule has 0 spiro atoms. The van der Waals surface area contributed by atoms with Crippen LogP contribution in [0.15, 0.2) is 41.0 Å². The van der Waals surface area contributed by atoms with Crippen LogP contribution in [-0.4, -0.2) is 20.2 Å². The van der Waals surface area contributed by atoms with E-state index >= 15 is 0 Å². The van der Waals surface area contributed by atoms with Crippen LogP contribution in [0.4, 0.5) is 0 Å². The Morgan fingerprint density at radius 1 is 1.46 bits per heavy atom. The third-order valence-corrected chi connectivity index (χ3v) is 6.68. The Labute approximate surface area is 161 Å². The second-order valence-corrected chi connectivity index (χ2v) is 9.80. The summed E-state index contributed by atoms with van der Waals surface area (Å²) >= 11 is 2.77. The third kappa shape index (κ3) is 3.29. The minimum absolute atomic E-state index is 0.497. The van der Waals surface area contributed by atoms with Gasteiger partial charge in [0.15, 0.2) is 0 Å². The van der Waals surface area contributed by atoms with Crippen molar-refractivity contribution in [2.75, 3.05) is 0 Å².